The summed E-state index contributed by atoms with van der Waals surface area (Å²) in [5.41, 5.74) is 4.43. The number of carbonyl (C=O) groups excluding carboxylic acids is 2. The first-order valence-electron chi connectivity index (χ1n) is 10.9. The molecule has 2 N–H and O–H groups in total. The van der Waals surface area contributed by atoms with E-state index in [4.69, 9.17) is 0 Å². The number of nitrogens with one attached hydrogen (secondary N) is 2. The molecule has 1 saturated carbocycles. The third kappa shape index (κ3) is 4.85. The molecule has 1 fully saturated rings. The van der Waals surface area contributed by atoms with E-state index in [1.807, 2.05) is 18.2 Å². The van der Waals surface area contributed by atoms with Gasteiger partial charge in [-0.2, -0.15) is 0 Å². The van der Waals surface area contributed by atoms with Gasteiger partial charge >= 0.3 is 0 Å². The number of hydrogen-bond donors (Lipinski definition) is 2. The largest absolute Gasteiger partial charge is 0.349 e. The quantitative estimate of drug-likeness (QED) is 0.575. The lowest BCUT2D eigenvalue weighted by atomic mass is 10.00. The standard InChI is InChI=1S/C26H26FN3O2/c1-3-17-6-4-5-7-18(17)14-29-25(31)19-8-11-24(28-15-19)22-12-20(13-23(27)16(22)2)26(32)30-21-9-10-21/h4-8,11-13,15,21H,3,9-10,14H2,1-2H3,(H,29,31)(H,30,32). The van der Waals surface area contributed by atoms with E-state index in [0.29, 0.717) is 28.9 Å². The number of nitrogens with zero attached hydrogens (tertiary/aromatic N) is 1. The Labute approximate surface area is 187 Å². The zero-order chi connectivity index (χ0) is 22.7. The first-order valence-corrected chi connectivity index (χ1v) is 10.9. The van der Waals surface area contributed by atoms with Crippen molar-refractivity contribution in [3.63, 3.8) is 0 Å². The average Bonchev–Trinajstić information content (AvgIpc) is 3.63. The van der Waals surface area contributed by atoms with Crippen molar-refractivity contribution in [1.82, 2.24) is 15.6 Å². The van der Waals surface area contributed by atoms with Crippen LogP contribution in [-0.4, -0.2) is 22.8 Å². The minimum Gasteiger partial charge on any atom is -0.349 e. The van der Waals surface area contributed by atoms with Crippen LogP contribution < -0.4 is 10.6 Å². The highest BCUT2D eigenvalue weighted by Gasteiger charge is 2.24. The van der Waals surface area contributed by atoms with Crippen molar-refractivity contribution in [2.75, 3.05) is 0 Å². The van der Waals surface area contributed by atoms with Crippen LogP contribution in [0.3, 0.4) is 0 Å². The third-order valence-corrected chi connectivity index (χ3v) is 5.76. The molecule has 0 unspecified atom stereocenters. The van der Waals surface area contributed by atoms with E-state index in [1.54, 1.807) is 25.1 Å². The number of rotatable bonds is 7. The first kappa shape index (κ1) is 21.7. The lowest BCUT2D eigenvalue weighted by Gasteiger charge is -2.12. The summed E-state index contributed by atoms with van der Waals surface area (Å²) >= 11 is 0. The fraction of sp³-hybridized carbons (Fsp3) is 0.269. The van der Waals surface area contributed by atoms with Gasteiger partial charge in [0.2, 0.25) is 0 Å². The number of carbonyl (C=O) groups is 2. The summed E-state index contributed by atoms with van der Waals surface area (Å²) < 4.78 is 14.5. The van der Waals surface area contributed by atoms with Gasteiger partial charge in [0.05, 0.1) is 11.3 Å². The summed E-state index contributed by atoms with van der Waals surface area (Å²) in [6, 6.07) is 14.4. The van der Waals surface area contributed by atoms with Crippen molar-refractivity contribution in [2.24, 2.45) is 0 Å². The second kappa shape index (κ2) is 9.30. The molecule has 5 nitrogen and oxygen atoms in total. The number of pyridine rings is 1. The van der Waals surface area contributed by atoms with E-state index in [1.165, 1.54) is 17.8 Å². The van der Waals surface area contributed by atoms with E-state index in [9.17, 15) is 14.0 Å². The van der Waals surface area contributed by atoms with Crippen LogP contribution in [0.2, 0.25) is 0 Å². The molecule has 0 atom stereocenters. The Hall–Kier alpha value is -3.54. The van der Waals surface area contributed by atoms with Gasteiger partial charge in [0, 0.05) is 29.9 Å². The Balaban J connectivity index is 1.50. The van der Waals surface area contributed by atoms with Gasteiger partial charge in [-0.25, -0.2) is 4.39 Å². The molecule has 1 aliphatic carbocycles. The topological polar surface area (TPSA) is 71.1 Å². The van der Waals surface area contributed by atoms with E-state index < -0.39 is 5.82 Å². The molecule has 0 radical (unpaired) electrons. The number of aromatic nitrogens is 1. The van der Waals surface area contributed by atoms with Crippen molar-refractivity contribution in [3.8, 4) is 11.3 Å². The highest BCUT2D eigenvalue weighted by atomic mass is 19.1. The maximum absolute atomic E-state index is 14.5. The molecule has 0 bridgehead atoms. The lowest BCUT2D eigenvalue weighted by molar-refractivity contribution is 0.0942. The van der Waals surface area contributed by atoms with Crippen molar-refractivity contribution < 1.29 is 14.0 Å². The van der Waals surface area contributed by atoms with E-state index in [-0.39, 0.29) is 23.4 Å². The summed E-state index contributed by atoms with van der Waals surface area (Å²) in [4.78, 5) is 29.3. The summed E-state index contributed by atoms with van der Waals surface area (Å²) in [5.74, 6) is -0.965. The van der Waals surface area contributed by atoms with E-state index in [0.717, 1.165) is 24.8 Å². The van der Waals surface area contributed by atoms with Crippen LogP contribution in [0.5, 0.6) is 0 Å². The van der Waals surface area contributed by atoms with Crippen LogP contribution >= 0.6 is 0 Å². The number of amides is 2. The monoisotopic (exact) mass is 431 g/mol. The van der Waals surface area contributed by atoms with Gasteiger partial charge in [-0.05, 0) is 67.1 Å². The van der Waals surface area contributed by atoms with Crippen LogP contribution in [0.1, 0.15) is 57.2 Å². The van der Waals surface area contributed by atoms with Crippen molar-refractivity contribution in [3.05, 3.63) is 88.4 Å². The maximum atomic E-state index is 14.5. The fourth-order valence-electron chi connectivity index (χ4n) is 3.61. The van der Waals surface area contributed by atoms with Crippen LogP contribution in [0.4, 0.5) is 4.39 Å². The van der Waals surface area contributed by atoms with Crippen molar-refractivity contribution >= 4 is 11.8 Å². The Morgan fingerprint density at radius 2 is 1.78 bits per heavy atom. The molecule has 2 amide bonds. The van der Waals surface area contributed by atoms with Crippen LogP contribution in [0, 0.1) is 12.7 Å². The molecule has 6 heteroatoms. The summed E-state index contributed by atoms with van der Waals surface area (Å²) in [5, 5.41) is 5.80. The van der Waals surface area contributed by atoms with Crippen molar-refractivity contribution in [1.29, 1.82) is 0 Å². The highest BCUT2D eigenvalue weighted by Crippen LogP contribution is 2.27. The molecule has 2 aromatic carbocycles. The minimum absolute atomic E-state index is 0.190. The Morgan fingerprint density at radius 3 is 2.44 bits per heavy atom. The molecule has 164 valence electrons. The Bertz CT molecular complexity index is 1150. The summed E-state index contributed by atoms with van der Waals surface area (Å²) in [6.07, 6.45) is 4.30. The zero-order valence-corrected chi connectivity index (χ0v) is 18.2. The van der Waals surface area contributed by atoms with E-state index >= 15 is 0 Å². The van der Waals surface area contributed by atoms with Gasteiger partial charge in [0.15, 0.2) is 0 Å². The second-order valence-corrected chi connectivity index (χ2v) is 8.12. The average molecular weight is 432 g/mol. The number of halogens is 1. The minimum atomic E-state index is -0.457. The van der Waals surface area contributed by atoms with Crippen molar-refractivity contribution in [2.45, 2.75) is 45.7 Å². The molecule has 0 aliphatic heterocycles. The zero-order valence-electron chi connectivity index (χ0n) is 18.2. The second-order valence-electron chi connectivity index (χ2n) is 8.12. The van der Waals surface area contributed by atoms with Gasteiger partial charge in [-0.3, -0.25) is 14.6 Å². The highest BCUT2D eigenvalue weighted by molar-refractivity contribution is 5.96. The number of benzene rings is 2. The van der Waals surface area contributed by atoms with Gasteiger partial charge in [0.1, 0.15) is 5.82 Å². The van der Waals surface area contributed by atoms with Gasteiger partial charge < -0.3 is 10.6 Å². The normalized spacial score (nSPS) is 13.0. The maximum Gasteiger partial charge on any atom is 0.253 e. The fourth-order valence-corrected chi connectivity index (χ4v) is 3.61. The molecule has 1 heterocycles. The van der Waals surface area contributed by atoms with Crippen LogP contribution in [-0.2, 0) is 13.0 Å². The molecular weight excluding hydrogens is 405 g/mol. The molecule has 4 rings (SSSR count). The first-order chi connectivity index (χ1) is 15.5. The van der Waals surface area contributed by atoms with Crippen LogP contribution in [0.25, 0.3) is 11.3 Å². The lowest BCUT2D eigenvalue weighted by Crippen LogP contribution is -2.25. The summed E-state index contributed by atoms with van der Waals surface area (Å²) in [7, 11) is 0. The van der Waals surface area contributed by atoms with Gasteiger partial charge in [-0.1, -0.05) is 31.2 Å². The SMILES string of the molecule is CCc1ccccc1CNC(=O)c1ccc(-c2cc(C(=O)NC3CC3)cc(F)c2C)nc1. The van der Waals surface area contributed by atoms with E-state index in [2.05, 4.69) is 28.6 Å². The Kier molecular flexibility index (Phi) is 6.30. The number of aryl methyl sites for hydroxylation is 1. The molecule has 0 saturated heterocycles. The molecule has 0 spiro atoms. The molecule has 1 aromatic heterocycles. The molecule has 1 aliphatic rings. The van der Waals surface area contributed by atoms with Crippen LogP contribution in [0.15, 0.2) is 54.7 Å². The predicted molar refractivity (Wildman–Crippen MR) is 122 cm³/mol. The molecular formula is C26H26FN3O2. The summed E-state index contributed by atoms with van der Waals surface area (Å²) in [6.45, 7) is 4.17. The predicted octanol–water partition coefficient (Wildman–Crippen LogP) is 4.58. The Morgan fingerprint density at radius 1 is 1.03 bits per heavy atom. The smallest absolute Gasteiger partial charge is 0.253 e. The molecule has 32 heavy (non-hydrogen) atoms. The van der Waals surface area contributed by atoms with Gasteiger partial charge in [-0.15, -0.1) is 0 Å². The number of hydrogen-bond acceptors (Lipinski definition) is 3. The van der Waals surface area contributed by atoms with Gasteiger partial charge in [0.25, 0.3) is 11.8 Å². The third-order valence-electron chi connectivity index (χ3n) is 5.76. The molecule has 3 aromatic rings.